The van der Waals surface area contributed by atoms with E-state index in [0.717, 1.165) is 27.7 Å². The molecule has 0 aliphatic carbocycles. The van der Waals surface area contributed by atoms with Gasteiger partial charge in [0, 0.05) is 56.3 Å². The molecule has 2 aromatic carbocycles. The lowest BCUT2D eigenvalue weighted by Crippen LogP contribution is -2.57. The van der Waals surface area contributed by atoms with Crippen LogP contribution in [0.15, 0.2) is 48.8 Å². The second-order valence-electron chi connectivity index (χ2n) is 11.4. The standard InChI is InChI=1S/C32H33ClFN7O3/c1-20(34)31(43)41-15-14-40(17-23(41)16-35-2)30-24-12-13-39(27-9-5-7-21-6-4-8-25(33)29(21)27)18-26(24)36-32(37-30)44-19-22-10-11-28(42)38(22)3/h4-9,22-23H,1,10-19H2,3H3/t22-,23-/m0/s1. The lowest BCUT2D eigenvalue weighted by molar-refractivity contribution is -0.131. The molecule has 3 aliphatic rings. The van der Waals surface area contributed by atoms with Gasteiger partial charge >= 0.3 is 6.01 Å². The molecule has 12 heteroatoms. The lowest BCUT2D eigenvalue weighted by Gasteiger charge is -2.41. The molecule has 0 spiro atoms. The van der Waals surface area contributed by atoms with E-state index in [1.165, 1.54) is 4.90 Å². The third-order valence-electron chi connectivity index (χ3n) is 8.81. The van der Waals surface area contributed by atoms with E-state index in [1.807, 2.05) is 35.2 Å². The highest BCUT2D eigenvalue weighted by molar-refractivity contribution is 6.36. The Morgan fingerprint density at radius 2 is 1.93 bits per heavy atom. The Morgan fingerprint density at radius 3 is 2.66 bits per heavy atom. The van der Waals surface area contributed by atoms with Crippen LogP contribution in [-0.2, 0) is 22.6 Å². The first kappa shape index (κ1) is 29.6. The van der Waals surface area contributed by atoms with Crippen LogP contribution in [0.25, 0.3) is 15.6 Å². The minimum atomic E-state index is -1.03. The van der Waals surface area contributed by atoms with Crippen LogP contribution >= 0.6 is 11.6 Å². The smallest absolute Gasteiger partial charge is 0.318 e. The Balaban J connectivity index is 1.34. The molecule has 10 nitrogen and oxygen atoms in total. The number of likely N-dealkylation sites (tertiary alicyclic amines) is 1. The summed E-state index contributed by atoms with van der Waals surface area (Å²) in [7, 11) is 1.78. The van der Waals surface area contributed by atoms with E-state index in [2.05, 4.69) is 22.4 Å². The molecule has 4 heterocycles. The van der Waals surface area contributed by atoms with E-state index in [0.29, 0.717) is 56.3 Å². The largest absolute Gasteiger partial charge is 0.461 e. The fourth-order valence-corrected chi connectivity index (χ4v) is 6.70. The van der Waals surface area contributed by atoms with Gasteiger partial charge in [0.05, 0.1) is 23.3 Å². The number of amides is 2. The molecule has 2 saturated heterocycles. The van der Waals surface area contributed by atoms with Gasteiger partial charge < -0.3 is 29.2 Å². The highest BCUT2D eigenvalue weighted by Crippen LogP contribution is 2.37. The maximum atomic E-state index is 13.8. The number of ether oxygens (including phenoxy) is 1. The van der Waals surface area contributed by atoms with Crippen LogP contribution in [0.4, 0.5) is 15.9 Å². The number of piperazine rings is 1. The molecule has 228 valence electrons. The van der Waals surface area contributed by atoms with Gasteiger partial charge in [0.25, 0.3) is 5.91 Å². The van der Waals surface area contributed by atoms with Gasteiger partial charge in [0.1, 0.15) is 18.5 Å². The van der Waals surface area contributed by atoms with Crippen molar-refractivity contribution in [1.29, 1.82) is 0 Å². The van der Waals surface area contributed by atoms with E-state index in [1.54, 1.807) is 11.9 Å². The van der Waals surface area contributed by atoms with Crippen molar-refractivity contribution in [2.45, 2.75) is 37.9 Å². The number of anilines is 2. The zero-order valence-corrected chi connectivity index (χ0v) is 25.3. The maximum Gasteiger partial charge on any atom is 0.318 e. The van der Waals surface area contributed by atoms with Crippen molar-refractivity contribution in [3.63, 3.8) is 0 Å². The molecule has 2 fully saturated rings. The Kier molecular flexibility index (Phi) is 8.27. The summed E-state index contributed by atoms with van der Waals surface area (Å²) >= 11 is 6.67. The number of rotatable bonds is 7. The average Bonchev–Trinajstić information content (AvgIpc) is 3.35. The highest BCUT2D eigenvalue weighted by Gasteiger charge is 2.36. The fraction of sp³-hybridized carbons (Fsp3) is 0.406. The van der Waals surface area contributed by atoms with Gasteiger partial charge in [-0.15, -0.1) is 0 Å². The third kappa shape index (κ3) is 5.62. The summed E-state index contributed by atoms with van der Waals surface area (Å²) in [6, 6.07) is 11.6. The van der Waals surface area contributed by atoms with Crippen LogP contribution in [-0.4, -0.2) is 90.0 Å². The predicted molar refractivity (Wildman–Crippen MR) is 166 cm³/mol. The molecule has 0 N–H and O–H groups in total. The van der Waals surface area contributed by atoms with Gasteiger partial charge in [-0.3, -0.25) is 9.59 Å². The summed E-state index contributed by atoms with van der Waals surface area (Å²) in [5.41, 5.74) is 2.81. The molecule has 2 amide bonds. The summed E-state index contributed by atoms with van der Waals surface area (Å²) in [4.78, 5) is 45.2. The van der Waals surface area contributed by atoms with Crippen LogP contribution < -0.4 is 14.5 Å². The van der Waals surface area contributed by atoms with Crippen LogP contribution in [0, 0.1) is 6.57 Å². The van der Waals surface area contributed by atoms with Gasteiger partial charge in [-0.05, 0) is 30.4 Å². The van der Waals surface area contributed by atoms with Gasteiger partial charge in [-0.1, -0.05) is 42.4 Å². The molecule has 3 aromatic rings. The van der Waals surface area contributed by atoms with Gasteiger partial charge in [0.15, 0.2) is 5.83 Å². The Morgan fingerprint density at radius 1 is 1.14 bits per heavy atom. The van der Waals surface area contributed by atoms with Crippen molar-refractivity contribution in [1.82, 2.24) is 19.8 Å². The Bertz CT molecular complexity index is 1670. The van der Waals surface area contributed by atoms with Crippen molar-refractivity contribution in [2.75, 3.05) is 56.2 Å². The number of likely N-dealkylation sites (N-methyl/N-ethyl adjacent to an activating group) is 1. The lowest BCUT2D eigenvalue weighted by atomic mass is 10.0. The number of aromatic nitrogens is 2. The number of carbonyl (C=O) groups excluding carboxylic acids is 2. The number of hydrogen-bond donors (Lipinski definition) is 0. The third-order valence-corrected chi connectivity index (χ3v) is 9.12. The molecule has 0 unspecified atom stereocenters. The first-order chi connectivity index (χ1) is 21.2. The number of nitrogens with zero attached hydrogens (tertiary/aromatic N) is 7. The molecule has 44 heavy (non-hydrogen) atoms. The Hall–Kier alpha value is -4.43. The number of carbonyl (C=O) groups is 2. The second kappa shape index (κ2) is 12.3. The molecule has 2 atom stereocenters. The summed E-state index contributed by atoms with van der Waals surface area (Å²) < 4.78 is 19.9. The molecule has 0 bridgehead atoms. The average molecular weight is 618 g/mol. The van der Waals surface area contributed by atoms with Crippen molar-refractivity contribution in [3.05, 3.63) is 76.5 Å². The maximum absolute atomic E-state index is 13.8. The predicted octanol–water partition coefficient (Wildman–Crippen LogP) is 4.27. The number of fused-ring (bicyclic) bond motifs is 2. The van der Waals surface area contributed by atoms with Crippen molar-refractivity contribution >= 4 is 45.7 Å². The highest BCUT2D eigenvalue weighted by atomic mass is 35.5. The summed E-state index contributed by atoms with van der Waals surface area (Å²) in [5.74, 6) is -1.04. The monoisotopic (exact) mass is 617 g/mol. The minimum Gasteiger partial charge on any atom is -0.461 e. The minimum absolute atomic E-state index is 0.0316. The zero-order chi connectivity index (χ0) is 31.0. The fourth-order valence-electron chi connectivity index (χ4n) is 6.42. The first-order valence-corrected chi connectivity index (χ1v) is 15.1. The van der Waals surface area contributed by atoms with Crippen molar-refractivity contribution < 1.29 is 18.7 Å². The molecular weight excluding hydrogens is 585 g/mol. The summed E-state index contributed by atoms with van der Waals surface area (Å²) in [6.07, 6.45) is 1.84. The van der Waals surface area contributed by atoms with E-state index in [4.69, 9.17) is 32.9 Å². The number of halogens is 2. The van der Waals surface area contributed by atoms with Crippen molar-refractivity contribution in [3.8, 4) is 6.01 Å². The van der Waals surface area contributed by atoms with E-state index < -0.39 is 17.8 Å². The topological polar surface area (TPSA) is 86.5 Å². The molecule has 3 aliphatic heterocycles. The van der Waals surface area contributed by atoms with E-state index >= 15 is 0 Å². The Labute approximate surface area is 260 Å². The van der Waals surface area contributed by atoms with Gasteiger partial charge in [0.2, 0.25) is 12.5 Å². The quantitative estimate of drug-likeness (QED) is 0.289. The molecule has 6 rings (SSSR count). The van der Waals surface area contributed by atoms with Gasteiger partial charge in [-0.25, -0.2) is 11.0 Å². The zero-order valence-electron chi connectivity index (χ0n) is 24.5. The molecular formula is C32H33ClFN7O3. The van der Waals surface area contributed by atoms with Gasteiger partial charge in [-0.2, -0.15) is 9.97 Å². The van der Waals surface area contributed by atoms with Crippen LogP contribution in [0.5, 0.6) is 6.01 Å². The number of hydrogen-bond acceptors (Lipinski definition) is 7. The SMILES string of the molecule is [C-]#[N+]C[C@H]1CN(c2nc(OC[C@@H]3CCC(=O)N3C)nc3c2CCN(c2cccc4cccc(Cl)c24)C3)CCN1C(=O)C(=C)F. The normalized spacial score (nSPS) is 20.1. The van der Waals surface area contributed by atoms with Crippen LogP contribution in [0.2, 0.25) is 5.02 Å². The van der Waals surface area contributed by atoms with Crippen molar-refractivity contribution in [2.24, 2.45) is 0 Å². The first-order valence-electron chi connectivity index (χ1n) is 14.7. The number of benzene rings is 2. The van der Waals surface area contributed by atoms with E-state index in [-0.39, 0.29) is 37.7 Å². The summed E-state index contributed by atoms with van der Waals surface area (Å²) in [6.45, 7) is 13.1. The molecule has 1 aromatic heterocycles. The van der Waals surface area contributed by atoms with Crippen LogP contribution in [0.1, 0.15) is 24.1 Å². The van der Waals surface area contributed by atoms with E-state index in [9.17, 15) is 14.0 Å². The molecule has 0 saturated carbocycles. The second-order valence-corrected chi connectivity index (χ2v) is 11.8. The van der Waals surface area contributed by atoms with Crippen LogP contribution in [0.3, 0.4) is 0 Å². The molecule has 0 radical (unpaired) electrons. The summed E-state index contributed by atoms with van der Waals surface area (Å²) in [5, 5.41) is 2.72.